The van der Waals surface area contributed by atoms with Crippen molar-refractivity contribution in [3.63, 3.8) is 0 Å². The monoisotopic (exact) mass is 474 g/mol. The first-order valence-electron chi connectivity index (χ1n) is 12.2. The molecule has 2 amide bonds. The van der Waals surface area contributed by atoms with Crippen molar-refractivity contribution in [1.82, 2.24) is 4.90 Å². The lowest BCUT2D eigenvalue weighted by molar-refractivity contribution is -0.154. The number of carbonyl (C=O) groups excluding carboxylic acids is 3. The molecule has 2 unspecified atom stereocenters. The number of methoxy groups -OCH3 is 1. The maximum absolute atomic E-state index is 13.7. The number of nitrogens with one attached hydrogen (secondary N) is 1. The van der Waals surface area contributed by atoms with Crippen LogP contribution in [0, 0.1) is 11.8 Å². The third-order valence-corrected chi connectivity index (χ3v) is 7.27. The van der Waals surface area contributed by atoms with E-state index in [1.165, 1.54) is 0 Å². The SMILES string of the molecule is CCOC(=O)[C@@H]1[C@@H]2CCC3(O2)C(C(=O)Nc2ccc(OC)cc2)N(CCCCCCO)C(=O)[C@H]13. The quantitative estimate of drug-likeness (QED) is 0.373. The van der Waals surface area contributed by atoms with E-state index in [0.29, 0.717) is 43.7 Å². The van der Waals surface area contributed by atoms with Crippen molar-refractivity contribution in [3.8, 4) is 5.75 Å². The average molecular weight is 475 g/mol. The summed E-state index contributed by atoms with van der Waals surface area (Å²) in [5, 5.41) is 12.0. The van der Waals surface area contributed by atoms with Gasteiger partial charge in [-0.1, -0.05) is 12.8 Å². The lowest BCUT2D eigenvalue weighted by Gasteiger charge is -2.33. The minimum atomic E-state index is -1.03. The number of hydrogen-bond donors (Lipinski definition) is 2. The number of carbonyl (C=O) groups is 3. The summed E-state index contributed by atoms with van der Waals surface area (Å²) in [6.45, 7) is 2.50. The van der Waals surface area contributed by atoms with Gasteiger partial charge in [0, 0.05) is 18.8 Å². The van der Waals surface area contributed by atoms with Crippen LogP contribution >= 0.6 is 0 Å². The van der Waals surface area contributed by atoms with Crippen molar-refractivity contribution < 1.29 is 33.7 Å². The van der Waals surface area contributed by atoms with Crippen LogP contribution in [0.1, 0.15) is 45.4 Å². The number of fused-ring (bicyclic) bond motifs is 1. The maximum atomic E-state index is 13.7. The van der Waals surface area contributed by atoms with Gasteiger partial charge in [-0.3, -0.25) is 14.4 Å². The summed E-state index contributed by atoms with van der Waals surface area (Å²) >= 11 is 0. The van der Waals surface area contributed by atoms with Crippen molar-refractivity contribution in [3.05, 3.63) is 24.3 Å². The van der Waals surface area contributed by atoms with Crippen molar-refractivity contribution in [2.75, 3.05) is 32.2 Å². The molecule has 186 valence electrons. The summed E-state index contributed by atoms with van der Waals surface area (Å²) in [6.07, 6.45) is 3.84. The Kier molecular flexibility index (Phi) is 7.42. The highest BCUT2D eigenvalue weighted by Crippen LogP contribution is 2.58. The van der Waals surface area contributed by atoms with E-state index in [1.807, 2.05) is 0 Å². The fraction of sp³-hybridized carbons (Fsp3) is 0.640. The number of anilines is 1. The molecule has 1 aromatic carbocycles. The number of benzene rings is 1. The molecule has 1 spiro atoms. The molecule has 34 heavy (non-hydrogen) atoms. The van der Waals surface area contributed by atoms with E-state index in [0.717, 1.165) is 12.8 Å². The number of unbranched alkanes of at least 4 members (excludes halogenated alkanes) is 3. The van der Waals surface area contributed by atoms with Crippen molar-refractivity contribution in [2.45, 2.75) is 63.2 Å². The van der Waals surface area contributed by atoms with Crippen LogP contribution in [0.15, 0.2) is 24.3 Å². The fourth-order valence-electron chi connectivity index (χ4n) is 5.83. The first kappa shape index (κ1) is 24.5. The Morgan fingerprint density at radius 1 is 1.21 bits per heavy atom. The van der Waals surface area contributed by atoms with Gasteiger partial charge in [0.25, 0.3) is 0 Å². The molecule has 3 fully saturated rings. The van der Waals surface area contributed by atoms with Gasteiger partial charge in [0.15, 0.2) is 0 Å². The predicted octanol–water partition coefficient (Wildman–Crippen LogP) is 2.12. The van der Waals surface area contributed by atoms with E-state index in [1.54, 1.807) is 43.2 Å². The van der Waals surface area contributed by atoms with E-state index in [4.69, 9.17) is 19.3 Å². The standard InChI is InChI=1S/C25H34N2O7/c1-3-33-24(31)19-18-12-13-25(34-18)20(19)23(30)27(14-6-4-5-7-15-28)21(25)22(29)26-16-8-10-17(32-2)11-9-16/h8-11,18-21,28H,3-7,12-15H2,1-2H3,(H,26,29)/t18-,19+,20-,21?,25?/m0/s1. The second-order valence-electron chi connectivity index (χ2n) is 9.20. The second kappa shape index (κ2) is 10.3. The van der Waals surface area contributed by atoms with Gasteiger partial charge < -0.3 is 29.5 Å². The van der Waals surface area contributed by atoms with Gasteiger partial charge in [0.2, 0.25) is 11.8 Å². The van der Waals surface area contributed by atoms with E-state index >= 15 is 0 Å². The van der Waals surface area contributed by atoms with Crippen LogP contribution in [0.3, 0.4) is 0 Å². The Labute approximate surface area is 199 Å². The molecule has 3 aliphatic heterocycles. The highest BCUT2D eigenvalue weighted by Gasteiger charge is 2.74. The van der Waals surface area contributed by atoms with E-state index in [2.05, 4.69) is 5.32 Å². The third kappa shape index (κ3) is 4.27. The number of likely N-dealkylation sites (tertiary alicyclic amines) is 1. The maximum Gasteiger partial charge on any atom is 0.312 e. The van der Waals surface area contributed by atoms with Gasteiger partial charge in [0.1, 0.15) is 17.4 Å². The summed E-state index contributed by atoms with van der Waals surface area (Å²) in [5.74, 6) is -1.68. The smallest absolute Gasteiger partial charge is 0.312 e. The Hall–Kier alpha value is -2.65. The van der Waals surface area contributed by atoms with Gasteiger partial charge in [-0.25, -0.2) is 0 Å². The summed E-state index contributed by atoms with van der Waals surface area (Å²) < 4.78 is 16.8. The molecule has 3 saturated heterocycles. The number of amides is 2. The second-order valence-corrected chi connectivity index (χ2v) is 9.20. The Bertz CT molecular complexity index is 905. The molecule has 0 aromatic heterocycles. The third-order valence-electron chi connectivity index (χ3n) is 7.27. The molecule has 4 rings (SSSR count). The van der Waals surface area contributed by atoms with Crippen LogP contribution in [-0.2, 0) is 23.9 Å². The summed E-state index contributed by atoms with van der Waals surface area (Å²) in [6, 6.07) is 6.18. The van der Waals surface area contributed by atoms with Crippen LogP contribution in [0.2, 0.25) is 0 Å². The molecule has 9 nitrogen and oxygen atoms in total. The first-order valence-corrected chi connectivity index (χ1v) is 12.2. The van der Waals surface area contributed by atoms with E-state index in [9.17, 15) is 14.4 Å². The van der Waals surface area contributed by atoms with Crippen LogP contribution in [-0.4, -0.2) is 72.4 Å². The normalized spacial score (nSPS) is 29.3. The number of nitrogens with zero attached hydrogens (tertiary/aromatic N) is 1. The number of hydrogen-bond acceptors (Lipinski definition) is 7. The molecule has 3 aliphatic rings. The lowest BCUT2D eigenvalue weighted by atomic mass is 9.71. The van der Waals surface area contributed by atoms with Gasteiger partial charge in [-0.2, -0.15) is 0 Å². The molecule has 9 heteroatoms. The Balaban J connectivity index is 1.59. The van der Waals surface area contributed by atoms with Crippen molar-refractivity contribution in [1.29, 1.82) is 0 Å². The summed E-state index contributed by atoms with van der Waals surface area (Å²) in [7, 11) is 1.57. The topological polar surface area (TPSA) is 114 Å². The molecule has 0 radical (unpaired) electrons. The molecule has 0 aliphatic carbocycles. The minimum Gasteiger partial charge on any atom is -0.497 e. The van der Waals surface area contributed by atoms with Crippen LogP contribution in [0.4, 0.5) is 5.69 Å². The summed E-state index contributed by atoms with van der Waals surface area (Å²) in [4.78, 5) is 41.7. The highest BCUT2D eigenvalue weighted by atomic mass is 16.6. The Morgan fingerprint density at radius 3 is 2.62 bits per heavy atom. The number of aliphatic hydroxyl groups is 1. The Morgan fingerprint density at radius 2 is 1.94 bits per heavy atom. The van der Waals surface area contributed by atoms with Gasteiger partial charge in [0.05, 0.1) is 31.7 Å². The van der Waals surface area contributed by atoms with Gasteiger partial charge >= 0.3 is 5.97 Å². The molecule has 3 heterocycles. The number of rotatable bonds is 11. The number of ether oxygens (including phenoxy) is 3. The number of esters is 1. The molecule has 5 atom stereocenters. The zero-order valence-corrected chi connectivity index (χ0v) is 19.8. The first-order chi connectivity index (χ1) is 16.5. The molecule has 2 N–H and O–H groups in total. The minimum absolute atomic E-state index is 0.136. The molecule has 2 bridgehead atoms. The molecular formula is C25H34N2O7. The summed E-state index contributed by atoms with van der Waals surface area (Å²) in [5.41, 5.74) is -0.434. The number of aliphatic hydroxyl groups excluding tert-OH is 1. The van der Waals surface area contributed by atoms with E-state index in [-0.39, 0.29) is 25.0 Å². The van der Waals surface area contributed by atoms with Gasteiger partial charge in [-0.15, -0.1) is 0 Å². The van der Waals surface area contributed by atoms with Crippen LogP contribution < -0.4 is 10.1 Å². The lowest BCUT2D eigenvalue weighted by Crippen LogP contribution is -2.53. The predicted molar refractivity (Wildman–Crippen MR) is 123 cm³/mol. The van der Waals surface area contributed by atoms with E-state index < -0.39 is 35.6 Å². The van der Waals surface area contributed by atoms with Gasteiger partial charge in [-0.05, 0) is 56.9 Å². The molecule has 0 saturated carbocycles. The highest BCUT2D eigenvalue weighted by molar-refractivity contribution is 6.03. The van der Waals surface area contributed by atoms with Crippen molar-refractivity contribution >= 4 is 23.5 Å². The zero-order chi connectivity index (χ0) is 24.3. The van der Waals surface area contributed by atoms with Crippen molar-refractivity contribution in [2.24, 2.45) is 11.8 Å². The largest absolute Gasteiger partial charge is 0.497 e. The molecule has 1 aromatic rings. The zero-order valence-electron chi connectivity index (χ0n) is 19.8. The molecular weight excluding hydrogens is 440 g/mol. The van der Waals surface area contributed by atoms with Crippen LogP contribution in [0.25, 0.3) is 0 Å². The van der Waals surface area contributed by atoms with Crippen LogP contribution in [0.5, 0.6) is 5.75 Å². The fourth-order valence-corrected chi connectivity index (χ4v) is 5.83. The average Bonchev–Trinajstić information content (AvgIpc) is 3.47.